The van der Waals surface area contributed by atoms with Crippen LogP contribution in [0.1, 0.15) is 18.2 Å². The van der Waals surface area contributed by atoms with Crippen molar-refractivity contribution in [2.45, 2.75) is 20.1 Å². The van der Waals surface area contributed by atoms with E-state index < -0.39 is 6.23 Å². The number of aliphatic hydroxyl groups excluding tert-OH is 1. The highest BCUT2D eigenvalue weighted by Gasteiger charge is 2.27. The predicted octanol–water partition coefficient (Wildman–Crippen LogP) is 0.542. The Morgan fingerprint density at radius 1 is 1.59 bits per heavy atom. The highest BCUT2D eigenvalue weighted by molar-refractivity contribution is 5.75. The summed E-state index contributed by atoms with van der Waals surface area (Å²) in [5.74, 6) is 3.31. The van der Waals surface area contributed by atoms with Gasteiger partial charge >= 0.3 is 0 Å². The predicted molar refractivity (Wildman–Crippen MR) is 67.0 cm³/mol. The number of nitrogens with two attached hydrogens (primary N) is 1. The maximum atomic E-state index is 10.1. The fourth-order valence-corrected chi connectivity index (χ4v) is 1.93. The van der Waals surface area contributed by atoms with E-state index in [1.54, 1.807) is 11.0 Å². The van der Waals surface area contributed by atoms with Crippen LogP contribution in [0.2, 0.25) is 0 Å². The van der Waals surface area contributed by atoms with Gasteiger partial charge in [-0.3, -0.25) is 0 Å². The summed E-state index contributed by atoms with van der Waals surface area (Å²) in [6, 6.07) is 0. The monoisotopic (exact) mass is 230 g/mol. The van der Waals surface area contributed by atoms with Crippen LogP contribution in [0.15, 0.2) is 5.57 Å². The minimum atomic E-state index is -0.841. The Morgan fingerprint density at radius 3 is 2.88 bits per heavy atom. The second-order valence-electron chi connectivity index (χ2n) is 3.81. The molecule has 0 radical (unpaired) electrons. The zero-order valence-corrected chi connectivity index (χ0v) is 9.81. The van der Waals surface area contributed by atoms with E-state index in [1.165, 1.54) is 0 Å². The van der Waals surface area contributed by atoms with Crippen molar-refractivity contribution in [1.82, 2.24) is 9.97 Å². The summed E-state index contributed by atoms with van der Waals surface area (Å²) in [5.41, 5.74) is 7.70. The molecule has 0 saturated carbocycles. The molecule has 0 saturated heterocycles. The van der Waals surface area contributed by atoms with E-state index in [1.807, 2.05) is 13.8 Å². The molecule has 1 aliphatic heterocycles. The molecule has 0 aliphatic carbocycles. The Morgan fingerprint density at radius 2 is 2.29 bits per heavy atom. The summed E-state index contributed by atoms with van der Waals surface area (Å²) in [6.07, 6.45) is 6.27. The molecule has 1 atom stereocenters. The van der Waals surface area contributed by atoms with Crippen LogP contribution in [0.25, 0.3) is 6.08 Å². The van der Waals surface area contributed by atoms with Crippen LogP contribution in [0.3, 0.4) is 0 Å². The van der Waals surface area contributed by atoms with Gasteiger partial charge in [-0.15, -0.1) is 6.42 Å². The number of anilines is 2. The van der Waals surface area contributed by atoms with Crippen molar-refractivity contribution < 1.29 is 5.11 Å². The molecule has 0 spiro atoms. The fraction of sp³-hybridized carbons (Fsp3) is 0.333. The molecule has 3 N–H and O–H groups in total. The largest absolute Gasteiger partial charge is 0.369 e. The Kier molecular flexibility index (Phi) is 2.74. The molecule has 0 bridgehead atoms. The first-order chi connectivity index (χ1) is 8.08. The van der Waals surface area contributed by atoms with Gasteiger partial charge in [-0.05, 0) is 19.9 Å². The molecule has 2 rings (SSSR count). The van der Waals surface area contributed by atoms with Crippen LogP contribution in [0.4, 0.5) is 11.8 Å². The number of aliphatic hydroxyl groups is 1. The van der Waals surface area contributed by atoms with E-state index >= 15 is 0 Å². The van der Waals surface area contributed by atoms with Gasteiger partial charge in [0.1, 0.15) is 5.82 Å². The number of aromatic nitrogens is 2. The Balaban J connectivity index is 2.68. The van der Waals surface area contributed by atoms with Crippen molar-refractivity contribution in [3.8, 4) is 12.3 Å². The Hall–Kier alpha value is -2.06. The molecule has 0 fully saturated rings. The summed E-state index contributed by atoms with van der Waals surface area (Å²) >= 11 is 0. The number of likely N-dealkylation sites (N-methyl/N-ethyl adjacent to an activating group) is 1. The molecule has 1 aliphatic rings. The molecule has 1 aromatic rings. The summed E-state index contributed by atoms with van der Waals surface area (Å²) in [6.45, 7) is 4.34. The second-order valence-corrected chi connectivity index (χ2v) is 3.81. The first kappa shape index (κ1) is 11.4. The lowest BCUT2D eigenvalue weighted by Gasteiger charge is -2.33. The molecular weight excluding hydrogens is 216 g/mol. The first-order valence-electron chi connectivity index (χ1n) is 5.35. The lowest BCUT2D eigenvalue weighted by atomic mass is 10.0. The Labute approximate surface area is 100.0 Å². The molecule has 88 valence electrons. The van der Waals surface area contributed by atoms with Crippen LogP contribution in [-0.2, 0) is 0 Å². The van der Waals surface area contributed by atoms with Crippen molar-refractivity contribution >= 4 is 17.8 Å². The number of aryl methyl sites for hydroxylation is 1. The summed E-state index contributed by atoms with van der Waals surface area (Å²) < 4.78 is 0. The van der Waals surface area contributed by atoms with E-state index in [9.17, 15) is 5.11 Å². The smallest absolute Gasteiger partial charge is 0.222 e. The minimum absolute atomic E-state index is 0.199. The van der Waals surface area contributed by atoms with Gasteiger partial charge in [0, 0.05) is 12.1 Å². The van der Waals surface area contributed by atoms with Crippen molar-refractivity contribution in [1.29, 1.82) is 0 Å². The third-order valence-corrected chi connectivity index (χ3v) is 2.79. The van der Waals surface area contributed by atoms with E-state index in [2.05, 4.69) is 15.9 Å². The van der Waals surface area contributed by atoms with Gasteiger partial charge in [-0.1, -0.05) is 5.92 Å². The number of nitrogens with zero attached hydrogens (tertiary/aromatic N) is 3. The zero-order chi connectivity index (χ0) is 12.6. The van der Waals surface area contributed by atoms with Crippen molar-refractivity contribution in [3.63, 3.8) is 0 Å². The number of hydrogen-bond donors (Lipinski definition) is 2. The lowest BCUT2D eigenvalue weighted by molar-refractivity contribution is 0.209. The van der Waals surface area contributed by atoms with Crippen molar-refractivity contribution in [2.24, 2.45) is 0 Å². The van der Waals surface area contributed by atoms with Gasteiger partial charge in [-0.2, -0.15) is 4.98 Å². The molecule has 5 nitrogen and oxygen atoms in total. The van der Waals surface area contributed by atoms with Crippen LogP contribution < -0.4 is 10.6 Å². The van der Waals surface area contributed by atoms with E-state index in [0.717, 1.165) is 11.3 Å². The summed E-state index contributed by atoms with van der Waals surface area (Å²) in [7, 11) is 0. The molecule has 0 amide bonds. The number of terminal acetylenes is 1. The molecule has 1 unspecified atom stereocenters. The standard InChI is InChI=1S/C12H14N4O/c1-4-8-6-9-7(3)14-12(13)15-10(9)16(5-2)11(8)17/h1,6,11,17H,5H2,2-3H3,(H2,13,14,15). The van der Waals surface area contributed by atoms with Gasteiger partial charge in [0.05, 0.1) is 11.3 Å². The minimum Gasteiger partial charge on any atom is -0.369 e. The lowest BCUT2D eigenvalue weighted by Crippen LogP contribution is -2.39. The summed E-state index contributed by atoms with van der Waals surface area (Å²) in [4.78, 5) is 9.96. The van der Waals surface area contributed by atoms with Gasteiger partial charge in [0.2, 0.25) is 5.95 Å². The third-order valence-electron chi connectivity index (χ3n) is 2.79. The number of fused-ring (bicyclic) bond motifs is 1. The van der Waals surface area contributed by atoms with Crippen LogP contribution >= 0.6 is 0 Å². The quantitative estimate of drug-likeness (QED) is 0.689. The number of rotatable bonds is 1. The van der Waals surface area contributed by atoms with Crippen molar-refractivity contribution in [3.05, 3.63) is 16.8 Å². The van der Waals surface area contributed by atoms with E-state index in [4.69, 9.17) is 12.2 Å². The number of hydrogen-bond acceptors (Lipinski definition) is 5. The van der Waals surface area contributed by atoms with Gasteiger partial charge in [0.15, 0.2) is 6.23 Å². The maximum absolute atomic E-state index is 10.1. The molecule has 5 heteroatoms. The van der Waals surface area contributed by atoms with E-state index in [-0.39, 0.29) is 5.95 Å². The normalized spacial score (nSPS) is 18.4. The fourth-order valence-electron chi connectivity index (χ4n) is 1.93. The van der Waals surface area contributed by atoms with Gasteiger partial charge < -0.3 is 15.7 Å². The molecule has 1 aromatic heterocycles. The zero-order valence-electron chi connectivity index (χ0n) is 9.81. The van der Waals surface area contributed by atoms with Crippen LogP contribution in [-0.4, -0.2) is 27.8 Å². The van der Waals surface area contributed by atoms with Crippen LogP contribution in [0, 0.1) is 19.3 Å². The highest BCUT2D eigenvalue weighted by atomic mass is 16.3. The molecule has 17 heavy (non-hydrogen) atoms. The number of nitrogen functional groups attached to an aromatic ring is 1. The van der Waals surface area contributed by atoms with Gasteiger partial charge in [-0.25, -0.2) is 4.98 Å². The third kappa shape index (κ3) is 1.73. The Bertz CT molecular complexity index is 530. The maximum Gasteiger partial charge on any atom is 0.222 e. The van der Waals surface area contributed by atoms with Gasteiger partial charge in [0.25, 0.3) is 0 Å². The first-order valence-corrected chi connectivity index (χ1v) is 5.35. The topological polar surface area (TPSA) is 75.3 Å². The van der Waals surface area contributed by atoms with E-state index in [0.29, 0.717) is 17.9 Å². The highest BCUT2D eigenvalue weighted by Crippen LogP contribution is 2.31. The molecule has 2 heterocycles. The molecular formula is C12H14N4O. The SMILES string of the molecule is C#CC1=Cc2c(C)nc(N)nc2N(CC)C1O. The average molecular weight is 230 g/mol. The molecule has 0 aromatic carbocycles. The average Bonchev–Trinajstić information content (AvgIpc) is 2.28. The van der Waals surface area contributed by atoms with Crippen LogP contribution in [0.5, 0.6) is 0 Å². The second kappa shape index (κ2) is 4.07. The van der Waals surface area contributed by atoms with Crippen molar-refractivity contribution in [2.75, 3.05) is 17.2 Å². The summed E-state index contributed by atoms with van der Waals surface area (Å²) in [5, 5.41) is 10.1.